The van der Waals surface area contributed by atoms with Crippen LogP contribution in [0, 0.1) is 0 Å². The Bertz CT molecular complexity index is 246. The number of anilines is 1. The molecule has 0 aliphatic carbocycles. The fourth-order valence-corrected chi connectivity index (χ4v) is 3.64. The van der Waals surface area contributed by atoms with Gasteiger partial charge in [-0.25, -0.2) is 0 Å². The number of hydrogen-bond donors (Lipinski definition) is 1. The molecule has 3 heteroatoms. The first-order valence-corrected chi connectivity index (χ1v) is 6.75. The minimum absolute atomic E-state index is 0.955. The van der Waals surface area contributed by atoms with Gasteiger partial charge in [-0.2, -0.15) is 0 Å². The van der Waals surface area contributed by atoms with Gasteiger partial charge in [0, 0.05) is 12.3 Å². The molecule has 1 fully saturated rings. The summed E-state index contributed by atoms with van der Waals surface area (Å²) < 4.78 is 5.71. The highest BCUT2D eigenvalue weighted by molar-refractivity contribution is 6.56. The molecular formula is C10H15NOSi. The van der Waals surface area contributed by atoms with Crippen molar-refractivity contribution in [3.63, 3.8) is 0 Å². The Labute approximate surface area is 80.7 Å². The first-order chi connectivity index (χ1) is 6.45. The zero-order chi connectivity index (χ0) is 8.93. The average Bonchev–Trinajstić information content (AvgIpc) is 2.21. The van der Waals surface area contributed by atoms with Crippen LogP contribution in [0.2, 0.25) is 6.04 Å². The molecule has 1 unspecified atom stereocenters. The molecule has 1 N–H and O–H groups in total. The summed E-state index contributed by atoms with van der Waals surface area (Å²) in [4.78, 5) is 3.50. The van der Waals surface area contributed by atoms with Crippen LogP contribution in [0.15, 0.2) is 30.3 Å². The molecule has 1 saturated heterocycles. The minimum atomic E-state index is -1.10. The van der Waals surface area contributed by atoms with Crippen LogP contribution in [0.5, 0.6) is 0 Å². The largest absolute Gasteiger partial charge is 0.401 e. The van der Waals surface area contributed by atoms with Crippen LogP contribution in [0.25, 0.3) is 0 Å². The lowest BCUT2D eigenvalue weighted by Gasteiger charge is -2.22. The third-order valence-corrected chi connectivity index (χ3v) is 4.51. The van der Waals surface area contributed by atoms with Crippen molar-refractivity contribution in [1.29, 1.82) is 0 Å². The Morgan fingerprint density at radius 2 is 2.00 bits per heavy atom. The number of benzene rings is 1. The summed E-state index contributed by atoms with van der Waals surface area (Å²) >= 11 is 0. The van der Waals surface area contributed by atoms with Gasteiger partial charge in [0.05, 0.1) is 0 Å². The summed E-state index contributed by atoms with van der Waals surface area (Å²) in [6.45, 7) is 0.955. The monoisotopic (exact) mass is 193 g/mol. The molecule has 0 radical (unpaired) electrons. The van der Waals surface area contributed by atoms with Crippen molar-refractivity contribution in [1.82, 2.24) is 0 Å². The first kappa shape index (κ1) is 8.78. The molecule has 0 saturated carbocycles. The molecule has 1 aliphatic rings. The smallest absolute Gasteiger partial charge is 0.281 e. The van der Waals surface area contributed by atoms with E-state index in [2.05, 4.69) is 29.2 Å². The number of para-hydroxylation sites is 1. The third-order valence-electron chi connectivity index (χ3n) is 2.28. The average molecular weight is 193 g/mol. The standard InChI is InChI=1S/C10H15NOSi/c1-2-6-10(7-3-1)11-13-9-5-4-8-12-13/h1-3,6-7,11,13H,4-5,8-9H2. The van der Waals surface area contributed by atoms with E-state index in [4.69, 9.17) is 4.43 Å². The number of hydrogen-bond acceptors (Lipinski definition) is 2. The molecule has 0 aromatic heterocycles. The molecule has 1 aromatic carbocycles. The van der Waals surface area contributed by atoms with Crippen molar-refractivity contribution in [3.05, 3.63) is 30.3 Å². The van der Waals surface area contributed by atoms with E-state index in [0.29, 0.717) is 0 Å². The Morgan fingerprint density at radius 1 is 1.15 bits per heavy atom. The van der Waals surface area contributed by atoms with Crippen LogP contribution in [0.4, 0.5) is 5.69 Å². The molecule has 2 rings (SSSR count). The first-order valence-electron chi connectivity index (χ1n) is 4.88. The minimum Gasteiger partial charge on any atom is -0.401 e. The van der Waals surface area contributed by atoms with E-state index < -0.39 is 9.20 Å². The lowest BCUT2D eigenvalue weighted by atomic mass is 10.3. The molecule has 0 bridgehead atoms. The maximum Gasteiger partial charge on any atom is 0.281 e. The molecule has 1 heterocycles. The van der Waals surface area contributed by atoms with Crippen LogP contribution >= 0.6 is 0 Å². The zero-order valence-corrected chi connectivity index (χ0v) is 8.86. The van der Waals surface area contributed by atoms with Gasteiger partial charge in [0.15, 0.2) is 0 Å². The van der Waals surface area contributed by atoms with E-state index in [1.807, 2.05) is 6.07 Å². The van der Waals surface area contributed by atoms with Crippen molar-refractivity contribution in [2.75, 3.05) is 11.6 Å². The molecule has 2 nitrogen and oxygen atoms in total. The lowest BCUT2D eigenvalue weighted by molar-refractivity contribution is 0.291. The van der Waals surface area contributed by atoms with Gasteiger partial charge in [-0.05, 0) is 31.0 Å². The summed E-state index contributed by atoms with van der Waals surface area (Å²) in [7, 11) is -1.10. The van der Waals surface area contributed by atoms with Crippen molar-refractivity contribution >= 4 is 14.9 Å². The van der Waals surface area contributed by atoms with Crippen LogP contribution in [0.3, 0.4) is 0 Å². The van der Waals surface area contributed by atoms with Gasteiger partial charge in [-0.15, -0.1) is 0 Å². The Morgan fingerprint density at radius 3 is 2.69 bits per heavy atom. The molecule has 0 amide bonds. The van der Waals surface area contributed by atoms with Crippen LogP contribution in [0.1, 0.15) is 12.8 Å². The van der Waals surface area contributed by atoms with E-state index in [9.17, 15) is 0 Å². The van der Waals surface area contributed by atoms with E-state index in [1.54, 1.807) is 0 Å². The normalized spacial score (nSPS) is 22.6. The fraction of sp³-hybridized carbons (Fsp3) is 0.400. The molecule has 13 heavy (non-hydrogen) atoms. The SMILES string of the molecule is c1ccc(N[SiH]2CCCCO2)cc1. The summed E-state index contributed by atoms with van der Waals surface area (Å²) in [6.07, 6.45) is 2.57. The van der Waals surface area contributed by atoms with Gasteiger partial charge in [-0.1, -0.05) is 18.2 Å². The van der Waals surface area contributed by atoms with Gasteiger partial charge < -0.3 is 9.41 Å². The Balaban J connectivity index is 1.90. The van der Waals surface area contributed by atoms with E-state index in [0.717, 1.165) is 6.61 Å². The van der Waals surface area contributed by atoms with Gasteiger partial charge >= 0.3 is 0 Å². The van der Waals surface area contributed by atoms with Crippen molar-refractivity contribution in [3.8, 4) is 0 Å². The molecule has 1 aromatic rings. The van der Waals surface area contributed by atoms with Crippen LogP contribution in [-0.2, 0) is 4.43 Å². The summed E-state index contributed by atoms with van der Waals surface area (Å²) in [6, 6.07) is 11.6. The molecule has 70 valence electrons. The summed E-state index contributed by atoms with van der Waals surface area (Å²) in [5.74, 6) is 0. The molecule has 1 aliphatic heterocycles. The van der Waals surface area contributed by atoms with Crippen LogP contribution in [-0.4, -0.2) is 15.8 Å². The van der Waals surface area contributed by atoms with E-state index in [-0.39, 0.29) is 0 Å². The highest BCUT2D eigenvalue weighted by Crippen LogP contribution is 2.14. The van der Waals surface area contributed by atoms with Gasteiger partial charge in [-0.3, -0.25) is 0 Å². The Hall–Kier alpha value is -0.803. The van der Waals surface area contributed by atoms with Gasteiger partial charge in [0.25, 0.3) is 9.20 Å². The number of nitrogens with one attached hydrogen (secondary N) is 1. The molecule has 1 atom stereocenters. The predicted octanol–water partition coefficient (Wildman–Crippen LogP) is 2.13. The highest BCUT2D eigenvalue weighted by atomic mass is 28.3. The molecule has 0 spiro atoms. The zero-order valence-electron chi connectivity index (χ0n) is 7.70. The third kappa shape index (κ3) is 2.57. The van der Waals surface area contributed by atoms with Crippen LogP contribution < -0.4 is 4.98 Å². The van der Waals surface area contributed by atoms with Crippen molar-refractivity contribution in [2.45, 2.75) is 18.9 Å². The Kier molecular flexibility index (Phi) is 3.00. The fourth-order valence-electron chi connectivity index (χ4n) is 1.57. The maximum absolute atomic E-state index is 5.71. The second-order valence-corrected chi connectivity index (χ2v) is 5.54. The predicted molar refractivity (Wildman–Crippen MR) is 57.2 cm³/mol. The number of rotatable bonds is 2. The molecular weight excluding hydrogens is 178 g/mol. The summed E-state index contributed by atoms with van der Waals surface area (Å²) in [5.41, 5.74) is 1.21. The quantitative estimate of drug-likeness (QED) is 0.727. The second-order valence-electron chi connectivity index (χ2n) is 3.37. The van der Waals surface area contributed by atoms with Crippen molar-refractivity contribution < 1.29 is 4.43 Å². The maximum atomic E-state index is 5.71. The van der Waals surface area contributed by atoms with Gasteiger partial charge in [0.2, 0.25) is 0 Å². The lowest BCUT2D eigenvalue weighted by Crippen LogP contribution is -2.32. The second kappa shape index (κ2) is 4.44. The van der Waals surface area contributed by atoms with Gasteiger partial charge in [0.1, 0.15) is 0 Å². The highest BCUT2D eigenvalue weighted by Gasteiger charge is 2.15. The van der Waals surface area contributed by atoms with E-state index >= 15 is 0 Å². The topological polar surface area (TPSA) is 21.3 Å². The summed E-state index contributed by atoms with van der Waals surface area (Å²) in [5, 5.41) is 0. The van der Waals surface area contributed by atoms with E-state index in [1.165, 1.54) is 24.6 Å². The van der Waals surface area contributed by atoms with Crippen molar-refractivity contribution in [2.24, 2.45) is 0 Å².